The zero-order valence-electron chi connectivity index (χ0n) is 19.4. The van der Waals surface area contributed by atoms with Crippen LogP contribution in [0.5, 0.6) is 17.2 Å². The lowest BCUT2D eigenvalue weighted by atomic mass is 10.1. The van der Waals surface area contributed by atoms with E-state index in [4.69, 9.17) is 23.8 Å². The Morgan fingerprint density at radius 2 is 1.97 bits per heavy atom. The van der Waals surface area contributed by atoms with Gasteiger partial charge in [-0.25, -0.2) is 4.98 Å². The molecule has 10 nitrogen and oxygen atoms in total. The summed E-state index contributed by atoms with van der Waals surface area (Å²) in [6, 6.07) is 6.94. The number of halogens is 1. The number of imidazole rings is 1. The maximum atomic E-state index is 13.7. The van der Waals surface area contributed by atoms with Crippen LogP contribution in [0.1, 0.15) is 23.2 Å². The standard InChI is InChI=1S/C23H27FN4O6/c1-27(24)34-19-10-14(9-18(30-2)22(19)23(29)26-15-5-6-15)17-12-25-20-11-16(7-8-28(17)20)33-13-21(31-3)32-4/h7-12,15,21H,5-6,13H2,1-4H3,(H,26,29). The first-order chi connectivity index (χ1) is 16.4. The highest BCUT2D eigenvalue weighted by atomic mass is 19.2. The summed E-state index contributed by atoms with van der Waals surface area (Å²) in [6.07, 6.45) is 4.80. The van der Waals surface area contributed by atoms with Crippen LogP contribution in [-0.2, 0) is 9.47 Å². The van der Waals surface area contributed by atoms with Crippen LogP contribution in [0.25, 0.3) is 16.9 Å². The summed E-state index contributed by atoms with van der Waals surface area (Å²) in [5.41, 5.74) is 2.06. The minimum atomic E-state index is -0.485. The van der Waals surface area contributed by atoms with Crippen molar-refractivity contribution in [3.63, 3.8) is 0 Å². The Kier molecular flexibility index (Phi) is 7.15. The third kappa shape index (κ3) is 5.22. The molecule has 1 aliphatic carbocycles. The molecule has 3 aromatic rings. The molecular formula is C23H27FN4O6. The fraction of sp³-hybridized carbons (Fsp3) is 0.391. The molecule has 1 N–H and O–H groups in total. The van der Waals surface area contributed by atoms with Crippen molar-refractivity contribution >= 4 is 11.6 Å². The average Bonchev–Trinajstić information content (AvgIpc) is 3.53. The number of carbonyl (C=O) groups excluding carboxylic acids is 1. The van der Waals surface area contributed by atoms with Gasteiger partial charge in [0.2, 0.25) is 0 Å². The Balaban J connectivity index is 1.68. The van der Waals surface area contributed by atoms with Gasteiger partial charge in [-0.1, -0.05) is 4.48 Å². The van der Waals surface area contributed by atoms with Crippen LogP contribution in [0.15, 0.2) is 36.7 Å². The second-order valence-corrected chi connectivity index (χ2v) is 7.76. The number of aromatic nitrogens is 2. The number of rotatable bonds is 11. The Hall–Kier alpha value is -3.41. The Morgan fingerprint density at radius 3 is 2.62 bits per heavy atom. The predicted molar refractivity (Wildman–Crippen MR) is 120 cm³/mol. The first-order valence-corrected chi connectivity index (χ1v) is 10.7. The Morgan fingerprint density at radius 1 is 1.24 bits per heavy atom. The van der Waals surface area contributed by atoms with Crippen molar-refractivity contribution in [3.8, 4) is 28.5 Å². The van der Waals surface area contributed by atoms with Crippen LogP contribution in [0, 0.1) is 0 Å². The maximum Gasteiger partial charge on any atom is 0.259 e. The quantitative estimate of drug-likeness (QED) is 0.257. The van der Waals surface area contributed by atoms with E-state index in [2.05, 4.69) is 10.3 Å². The highest BCUT2D eigenvalue weighted by Gasteiger charge is 2.29. The molecule has 182 valence electrons. The van der Waals surface area contributed by atoms with E-state index in [1.54, 1.807) is 36.7 Å². The summed E-state index contributed by atoms with van der Waals surface area (Å²) in [5, 5.41) is 2.93. The van der Waals surface area contributed by atoms with Crippen molar-refractivity contribution in [2.75, 3.05) is 35.0 Å². The summed E-state index contributed by atoms with van der Waals surface area (Å²) >= 11 is 0. The monoisotopic (exact) mass is 474 g/mol. The van der Waals surface area contributed by atoms with Crippen LogP contribution < -0.4 is 19.6 Å². The van der Waals surface area contributed by atoms with Gasteiger partial charge in [0.25, 0.3) is 5.91 Å². The van der Waals surface area contributed by atoms with Crippen molar-refractivity contribution in [2.45, 2.75) is 25.2 Å². The molecular weight excluding hydrogens is 447 g/mol. The number of nitrogens with one attached hydrogen (secondary N) is 1. The number of benzene rings is 1. The number of hydrogen-bond acceptors (Lipinski definition) is 8. The van der Waals surface area contributed by atoms with Crippen molar-refractivity contribution in [1.29, 1.82) is 0 Å². The number of ether oxygens (including phenoxy) is 4. The number of hydroxylamine groups is 1. The molecule has 0 bridgehead atoms. The molecule has 0 saturated heterocycles. The number of pyridine rings is 1. The number of carbonyl (C=O) groups is 1. The van der Waals surface area contributed by atoms with E-state index in [0.29, 0.717) is 22.7 Å². The molecule has 11 heteroatoms. The molecule has 2 aromatic heterocycles. The first kappa shape index (κ1) is 23.7. The van der Waals surface area contributed by atoms with Crippen LogP contribution in [0.4, 0.5) is 4.48 Å². The molecule has 1 fully saturated rings. The van der Waals surface area contributed by atoms with Crippen molar-refractivity contribution in [2.24, 2.45) is 0 Å². The first-order valence-electron chi connectivity index (χ1n) is 10.7. The van der Waals surface area contributed by atoms with E-state index < -0.39 is 6.29 Å². The number of hydrogen-bond donors (Lipinski definition) is 1. The van der Waals surface area contributed by atoms with E-state index >= 15 is 0 Å². The number of methoxy groups -OCH3 is 3. The van der Waals surface area contributed by atoms with E-state index in [1.807, 2.05) is 4.40 Å². The minimum absolute atomic E-state index is 0.0255. The van der Waals surface area contributed by atoms with Crippen LogP contribution in [0.3, 0.4) is 0 Å². The molecule has 0 aliphatic heterocycles. The normalized spacial score (nSPS) is 13.5. The fourth-order valence-corrected chi connectivity index (χ4v) is 3.48. The second-order valence-electron chi connectivity index (χ2n) is 7.76. The van der Waals surface area contributed by atoms with E-state index in [9.17, 15) is 9.28 Å². The maximum absolute atomic E-state index is 13.7. The molecule has 34 heavy (non-hydrogen) atoms. The van der Waals surface area contributed by atoms with Gasteiger partial charge in [0.15, 0.2) is 12.0 Å². The lowest BCUT2D eigenvalue weighted by Gasteiger charge is -2.17. The van der Waals surface area contributed by atoms with Gasteiger partial charge in [-0.15, -0.1) is 0 Å². The third-order valence-electron chi connectivity index (χ3n) is 5.34. The predicted octanol–water partition coefficient (Wildman–Crippen LogP) is 3.01. The summed E-state index contributed by atoms with van der Waals surface area (Å²) in [7, 11) is 5.61. The van der Waals surface area contributed by atoms with Gasteiger partial charge >= 0.3 is 0 Å². The van der Waals surface area contributed by atoms with Crippen LogP contribution >= 0.6 is 0 Å². The Labute approximate surface area is 196 Å². The molecule has 0 unspecified atom stereocenters. The van der Waals surface area contributed by atoms with E-state index in [-0.39, 0.29) is 40.9 Å². The highest BCUT2D eigenvalue weighted by molar-refractivity contribution is 6.01. The lowest BCUT2D eigenvalue weighted by Crippen LogP contribution is -2.27. The van der Waals surface area contributed by atoms with Gasteiger partial charge in [0.1, 0.15) is 29.3 Å². The smallest absolute Gasteiger partial charge is 0.259 e. The van der Waals surface area contributed by atoms with Crippen molar-refractivity contribution in [1.82, 2.24) is 20.0 Å². The molecule has 1 amide bonds. The number of amides is 1. The molecule has 1 saturated carbocycles. The molecule has 2 heterocycles. The van der Waals surface area contributed by atoms with Gasteiger partial charge in [-0.05, 0) is 31.0 Å². The molecule has 4 rings (SSSR count). The molecule has 0 spiro atoms. The summed E-state index contributed by atoms with van der Waals surface area (Å²) < 4.78 is 37.0. The molecule has 0 radical (unpaired) electrons. The molecule has 0 atom stereocenters. The second kappa shape index (κ2) is 10.2. The van der Waals surface area contributed by atoms with Gasteiger partial charge in [-0.3, -0.25) is 9.20 Å². The SMILES string of the molecule is COc1cc(-c2cnc3cc(OCC(OC)OC)ccn23)cc(ON(C)F)c1C(=O)NC1CC1. The summed E-state index contributed by atoms with van der Waals surface area (Å²) in [4.78, 5) is 22.5. The van der Waals surface area contributed by atoms with Crippen LogP contribution in [-0.4, -0.2) is 67.9 Å². The van der Waals surface area contributed by atoms with E-state index in [0.717, 1.165) is 19.9 Å². The average molecular weight is 474 g/mol. The van der Waals surface area contributed by atoms with E-state index in [1.165, 1.54) is 21.3 Å². The summed E-state index contributed by atoms with van der Waals surface area (Å²) in [5.74, 6) is 0.495. The molecule has 1 aliphatic rings. The van der Waals surface area contributed by atoms with Crippen molar-refractivity contribution in [3.05, 3.63) is 42.2 Å². The fourth-order valence-electron chi connectivity index (χ4n) is 3.48. The summed E-state index contributed by atoms with van der Waals surface area (Å²) in [6.45, 7) is 0.218. The van der Waals surface area contributed by atoms with Gasteiger partial charge in [-0.2, -0.15) is 0 Å². The zero-order chi connectivity index (χ0) is 24.2. The number of fused-ring (bicyclic) bond motifs is 1. The van der Waals surface area contributed by atoms with Gasteiger partial charge in [0.05, 0.1) is 26.0 Å². The topological polar surface area (TPSA) is 95.8 Å². The van der Waals surface area contributed by atoms with Crippen LogP contribution in [0.2, 0.25) is 0 Å². The third-order valence-corrected chi connectivity index (χ3v) is 5.34. The minimum Gasteiger partial charge on any atom is -0.496 e. The Bertz CT molecular complexity index is 1160. The number of nitrogens with zero attached hydrogens (tertiary/aromatic N) is 3. The lowest BCUT2D eigenvalue weighted by molar-refractivity contribution is -0.186. The van der Waals surface area contributed by atoms with Crippen molar-refractivity contribution < 1.29 is 33.1 Å². The molecule has 1 aromatic carbocycles. The van der Waals surface area contributed by atoms with Gasteiger partial charge in [0, 0.05) is 43.4 Å². The zero-order valence-corrected chi connectivity index (χ0v) is 19.4. The van der Waals surface area contributed by atoms with Gasteiger partial charge < -0.3 is 29.1 Å². The largest absolute Gasteiger partial charge is 0.496 e. The highest BCUT2D eigenvalue weighted by Crippen LogP contribution is 2.37.